The molecule has 2 amide bonds. The molecule has 21 heavy (non-hydrogen) atoms. The van der Waals surface area contributed by atoms with E-state index in [2.05, 4.69) is 17.6 Å². The van der Waals surface area contributed by atoms with Crippen molar-refractivity contribution >= 4 is 12.0 Å². The normalized spacial score (nSPS) is 23.3. The first-order valence-corrected chi connectivity index (χ1v) is 8.32. The van der Waals surface area contributed by atoms with Crippen LogP contribution in [-0.4, -0.2) is 29.2 Å². The van der Waals surface area contributed by atoms with Crippen molar-refractivity contribution in [1.82, 2.24) is 10.6 Å². The van der Waals surface area contributed by atoms with Crippen molar-refractivity contribution in [3.05, 3.63) is 0 Å². The number of hydrogen-bond donors (Lipinski definition) is 3. The lowest BCUT2D eigenvalue weighted by Crippen LogP contribution is -2.46. The summed E-state index contributed by atoms with van der Waals surface area (Å²) in [6, 6.07) is 0.196. The van der Waals surface area contributed by atoms with E-state index >= 15 is 0 Å². The molecule has 5 nitrogen and oxygen atoms in total. The van der Waals surface area contributed by atoms with Crippen LogP contribution in [0.25, 0.3) is 0 Å². The highest BCUT2D eigenvalue weighted by atomic mass is 16.4. The molecule has 1 unspecified atom stereocenters. The largest absolute Gasteiger partial charge is 0.481 e. The highest BCUT2D eigenvalue weighted by Gasteiger charge is 2.26. The van der Waals surface area contributed by atoms with E-state index in [0.29, 0.717) is 12.8 Å². The van der Waals surface area contributed by atoms with Gasteiger partial charge in [0.2, 0.25) is 0 Å². The third kappa shape index (κ3) is 7.34. The van der Waals surface area contributed by atoms with Gasteiger partial charge >= 0.3 is 12.0 Å². The average Bonchev–Trinajstić information content (AvgIpc) is 2.44. The Kier molecular flexibility index (Phi) is 8.16. The van der Waals surface area contributed by atoms with Crippen molar-refractivity contribution in [1.29, 1.82) is 0 Å². The summed E-state index contributed by atoms with van der Waals surface area (Å²) in [5.41, 5.74) is 0. The van der Waals surface area contributed by atoms with Gasteiger partial charge in [-0.3, -0.25) is 4.79 Å². The molecule has 0 aromatic carbocycles. The third-order valence-corrected chi connectivity index (χ3v) is 4.28. The van der Waals surface area contributed by atoms with Gasteiger partial charge in [0.1, 0.15) is 0 Å². The summed E-state index contributed by atoms with van der Waals surface area (Å²) >= 11 is 0. The smallest absolute Gasteiger partial charge is 0.315 e. The number of carbonyl (C=O) groups is 2. The molecular weight excluding hydrogens is 268 g/mol. The van der Waals surface area contributed by atoms with Gasteiger partial charge < -0.3 is 15.7 Å². The molecule has 0 radical (unpaired) electrons. The summed E-state index contributed by atoms with van der Waals surface area (Å²) in [7, 11) is 0. The number of carbonyl (C=O) groups excluding carboxylic acids is 1. The van der Waals surface area contributed by atoms with E-state index < -0.39 is 5.97 Å². The Morgan fingerprint density at radius 3 is 2.38 bits per heavy atom. The topological polar surface area (TPSA) is 78.4 Å². The van der Waals surface area contributed by atoms with Gasteiger partial charge in [-0.05, 0) is 39.0 Å². The second kappa shape index (κ2) is 9.64. The minimum Gasteiger partial charge on any atom is -0.481 e. The molecule has 0 aromatic rings. The first-order chi connectivity index (χ1) is 10.0. The maximum Gasteiger partial charge on any atom is 0.315 e. The standard InChI is InChI=1S/C16H30N2O3/c1-3-4-5-6-7-12(2)17-16(21)18-14-10-8-13(9-11-14)15(19)20/h12-14H,3-11H2,1-2H3,(H,19,20)(H2,17,18,21). The molecule has 1 aliphatic carbocycles. The average molecular weight is 298 g/mol. The number of hydrogen-bond acceptors (Lipinski definition) is 2. The fraction of sp³-hybridized carbons (Fsp3) is 0.875. The van der Waals surface area contributed by atoms with Crippen LogP contribution in [-0.2, 0) is 4.79 Å². The van der Waals surface area contributed by atoms with Crippen LogP contribution >= 0.6 is 0 Å². The highest BCUT2D eigenvalue weighted by molar-refractivity contribution is 5.74. The van der Waals surface area contributed by atoms with Crippen molar-refractivity contribution in [2.75, 3.05) is 0 Å². The predicted molar refractivity (Wildman–Crippen MR) is 83.3 cm³/mol. The first kappa shape index (κ1) is 17.8. The number of nitrogens with one attached hydrogen (secondary N) is 2. The first-order valence-electron chi connectivity index (χ1n) is 8.32. The molecule has 0 aliphatic heterocycles. The van der Waals surface area contributed by atoms with Crippen LogP contribution in [0.4, 0.5) is 4.79 Å². The Hall–Kier alpha value is -1.26. The molecule has 1 rings (SSSR count). The van der Waals surface area contributed by atoms with Gasteiger partial charge in [0.25, 0.3) is 0 Å². The number of unbranched alkanes of at least 4 members (excludes halogenated alkanes) is 3. The van der Waals surface area contributed by atoms with Gasteiger partial charge in [-0.15, -0.1) is 0 Å². The molecule has 1 fully saturated rings. The number of aliphatic carboxylic acids is 1. The molecule has 0 saturated heterocycles. The van der Waals surface area contributed by atoms with Crippen molar-refractivity contribution in [3.63, 3.8) is 0 Å². The zero-order chi connectivity index (χ0) is 15.7. The minimum absolute atomic E-state index is 0.114. The van der Waals surface area contributed by atoms with E-state index in [-0.39, 0.29) is 24.0 Å². The van der Waals surface area contributed by atoms with Crippen LogP contribution in [0.3, 0.4) is 0 Å². The summed E-state index contributed by atoms with van der Waals surface area (Å²) in [6.45, 7) is 4.22. The third-order valence-electron chi connectivity index (χ3n) is 4.28. The minimum atomic E-state index is -0.710. The molecule has 0 spiro atoms. The Morgan fingerprint density at radius 2 is 1.81 bits per heavy atom. The number of carboxylic acid groups (broad SMARTS) is 1. The van der Waals surface area contributed by atoms with E-state index in [0.717, 1.165) is 25.7 Å². The molecular formula is C16H30N2O3. The van der Waals surface area contributed by atoms with Crippen molar-refractivity contribution in [3.8, 4) is 0 Å². The van der Waals surface area contributed by atoms with Gasteiger partial charge in [0, 0.05) is 12.1 Å². The molecule has 1 atom stereocenters. The van der Waals surface area contributed by atoms with Gasteiger partial charge in [-0.1, -0.05) is 32.6 Å². The SMILES string of the molecule is CCCCCCC(C)NC(=O)NC1CCC(C(=O)O)CC1. The fourth-order valence-corrected chi connectivity index (χ4v) is 2.89. The number of carboxylic acids is 1. The zero-order valence-electron chi connectivity index (χ0n) is 13.4. The van der Waals surface area contributed by atoms with E-state index in [9.17, 15) is 9.59 Å². The van der Waals surface area contributed by atoms with E-state index in [4.69, 9.17) is 5.11 Å². The molecule has 1 aliphatic rings. The fourth-order valence-electron chi connectivity index (χ4n) is 2.89. The lowest BCUT2D eigenvalue weighted by atomic mass is 9.86. The Balaban J connectivity index is 2.14. The van der Waals surface area contributed by atoms with Crippen LogP contribution < -0.4 is 10.6 Å². The van der Waals surface area contributed by atoms with Gasteiger partial charge in [-0.25, -0.2) is 4.79 Å². The monoisotopic (exact) mass is 298 g/mol. The van der Waals surface area contributed by atoms with Crippen molar-refractivity contribution < 1.29 is 14.7 Å². The molecule has 3 N–H and O–H groups in total. The molecule has 0 aromatic heterocycles. The van der Waals surface area contributed by atoms with Gasteiger partial charge in [-0.2, -0.15) is 0 Å². The number of rotatable bonds is 8. The number of urea groups is 1. The highest BCUT2D eigenvalue weighted by Crippen LogP contribution is 2.24. The summed E-state index contributed by atoms with van der Waals surface area (Å²) in [6.07, 6.45) is 8.71. The Labute approximate surface area is 127 Å². The molecule has 1 saturated carbocycles. The zero-order valence-corrected chi connectivity index (χ0v) is 13.4. The van der Waals surface area contributed by atoms with Crippen LogP contribution in [0, 0.1) is 5.92 Å². The summed E-state index contributed by atoms with van der Waals surface area (Å²) in [4.78, 5) is 22.8. The second-order valence-electron chi connectivity index (χ2n) is 6.25. The van der Waals surface area contributed by atoms with Crippen LogP contribution in [0.1, 0.15) is 71.6 Å². The van der Waals surface area contributed by atoms with E-state index in [1.54, 1.807) is 0 Å². The molecule has 0 bridgehead atoms. The second-order valence-corrected chi connectivity index (χ2v) is 6.25. The quantitative estimate of drug-likeness (QED) is 0.602. The maximum atomic E-state index is 11.9. The summed E-state index contributed by atoms with van der Waals surface area (Å²) in [5.74, 6) is -0.942. The Bertz CT molecular complexity index is 325. The lowest BCUT2D eigenvalue weighted by Gasteiger charge is -2.27. The van der Waals surface area contributed by atoms with Gasteiger partial charge in [0.05, 0.1) is 5.92 Å². The number of amides is 2. The van der Waals surface area contributed by atoms with Crippen molar-refractivity contribution in [2.24, 2.45) is 5.92 Å². The van der Waals surface area contributed by atoms with Crippen LogP contribution in [0.2, 0.25) is 0 Å². The van der Waals surface area contributed by atoms with Gasteiger partial charge in [0.15, 0.2) is 0 Å². The summed E-state index contributed by atoms with van der Waals surface area (Å²) in [5, 5.41) is 14.9. The van der Waals surface area contributed by atoms with E-state index in [1.807, 2.05) is 6.92 Å². The molecule has 0 heterocycles. The lowest BCUT2D eigenvalue weighted by molar-refractivity contribution is -0.142. The van der Waals surface area contributed by atoms with Crippen LogP contribution in [0.15, 0.2) is 0 Å². The Morgan fingerprint density at radius 1 is 1.14 bits per heavy atom. The molecule has 122 valence electrons. The summed E-state index contributed by atoms with van der Waals surface area (Å²) < 4.78 is 0. The van der Waals surface area contributed by atoms with Crippen molar-refractivity contribution in [2.45, 2.75) is 83.7 Å². The maximum absolute atomic E-state index is 11.9. The van der Waals surface area contributed by atoms with E-state index in [1.165, 1.54) is 19.3 Å². The predicted octanol–water partition coefficient (Wildman–Crippen LogP) is 3.29. The van der Waals surface area contributed by atoms with Crippen LogP contribution in [0.5, 0.6) is 0 Å². The molecule has 5 heteroatoms.